The Hall–Kier alpha value is -1.35. The third kappa shape index (κ3) is 1.83. The van der Waals surface area contributed by atoms with Gasteiger partial charge in [-0.15, -0.1) is 0 Å². The van der Waals surface area contributed by atoms with Gasteiger partial charge in [0.1, 0.15) is 0 Å². The number of hydrogen-bond acceptors (Lipinski definition) is 2. The van der Waals surface area contributed by atoms with E-state index in [1.54, 1.807) is 31.3 Å². The highest BCUT2D eigenvalue weighted by atomic mass is 16.3. The highest BCUT2D eigenvalue weighted by molar-refractivity contribution is 5.93. The molecule has 0 fully saturated rings. The predicted octanol–water partition coefficient (Wildman–Crippen LogP) is 0.538. The molecule has 0 radical (unpaired) electrons. The molecular weight excluding hydrogens is 154 g/mol. The minimum Gasteiger partial charge on any atom is -0.392 e. The number of benzene rings is 1. The normalized spacial score (nSPS) is 9.50. The molecule has 0 aliphatic carbocycles. The molecule has 0 saturated carbocycles. The highest BCUT2D eigenvalue weighted by Crippen LogP contribution is 2.03. The van der Waals surface area contributed by atoms with Crippen LogP contribution in [0.3, 0.4) is 0 Å². The number of rotatable bonds is 2. The summed E-state index contributed by atoms with van der Waals surface area (Å²) in [7, 11) is 1.59. The number of aliphatic hydroxyl groups excluding tert-OH is 1. The van der Waals surface area contributed by atoms with E-state index in [1.165, 1.54) is 0 Å². The average Bonchev–Trinajstić information content (AvgIpc) is 2.17. The van der Waals surface area contributed by atoms with E-state index in [-0.39, 0.29) is 12.5 Å². The monoisotopic (exact) mass is 165 g/mol. The van der Waals surface area contributed by atoms with Crippen molar-refractivity contribution in [1.82, 2.24) is 5.32 Å². The van der Waals surface area contributed by atoms with E-state index in [1.807, 2.05) is 0 Å². The summed E-state index contributed by atoms with van der Waals surface area (Å²) >= 11 is 0. The van der Waals surface area contributed by atoms with Gasteiger partial charge in [0.15, 0.2) is 0 Å². The Morgan fingerprint density at radius 1 is 1.42 bits per heavy atom. The Bertz CT molecular complexity index is 266. The summed E-state index contributed by atoms with van der Waals surface area (Å²) in [5.41, 5.74) is 1.41. The average molecular weight is 165 g/mol. The third-order valence-electron chi connectivity index (χ3n) is 1.63. The largest absolute Gasteiger partial charge is 0.392 e. The molecule has 3 nitrogen and oxygen atoms in total. The number of aliphatic hydroxyl groups is 1. The van der Waals surface area contributed by atoms with Crippen molar-refractivity contribution < 1.29 is 9.90 Å². The smallest absolute Gasteiger partial charge is 0.251 e. The molecule has 0 heterocycles. The van der Waals surface area contributed by atoms with Crippen LogP contribution in [0.15, 0.2) is 24.3 Å². The fourth-order valence-corrected chi connectivity index (χ4v) is 0.906. The number of carbonyl (C=O) groups is 1. The van der Waals surface area contributed by atoms with Crippen LogP contribution in [0.2, 0.25) is 0 Å². The molecule has 0 aliphatic rings. The number of nitrogens with one attached hydrogen (secondary N) is 1. The summed E-state index contributed by atoms with van der Waals surface area (Å²) in [5.74, 6) is -0.112. The first-order valence-corrected chi connectivity index (χ1v) is 3.70. The molecule has 0 aromatic heterocycles. The van der Waals surface area contributed by atoms with Gasteiger partial charge >= 0.3 is 0 Å². The van der Waals surface area contributed by atoms with Gasteiger partial charge in [0, 0.05) is 12.6 Å². The lowest BCUT2D eigenvalue weighted by atomic mass is 10.1. The second kappa shape index (κ2) is 3.88. The third-order valence-corrected chi connectivity index (χ3v) is 1.63. The number of carbonyl (C=O) groups excluding carboxylic acids is 1. The van der Waals surface area contributed by atoms with E-state index in [0.29, 0.717) is 5.56 Å². The van der Waals surface area contributed by atoms with Crippen molar-refractivity contribution in [2.45, 2.75) is 6.61 Å². The molecule has 0 bridgehead atoms. The lowest BCUT2D eigenvalue weighted by molar-refractivity contribution is 0.0963. The summed E-state index contributed by atoms with van der Waals surface area (Å²) in [6.45, 7) is 0.00796. The summed E-state index contributed by atoms with van der Waals surface area (Å²) < 4.78 is 0. The SMILES string of the molecule is CNC(=O)c1ccc(CO)cc1. The topological polar surface area (TPSA) is 49.3 Å². The van der Waals surface area contributed by atoms with E-state index < -0.39 is 0 Å². The fourth-order valence-electron chi connectivity index (χ4n) is 0.906. The van der Waals surface area contributed by atoms with Gasteiger partial charge in [-0.25, -0.2) is 0 Å². The van der Waals surface area contributed by atoms with Crippen molar-refractivity contribution >= 4 is 5.91 Å². The fraction of sp³-hybridized carbons (Fsp3) is 0.222. The minimum atomic E-state index is -0.112. The lowest BCUT2D eigenvalue weighted by Gasteiger charge is -1.99. The van der Waals surface area contributed by atoms with Crippen LogP contribution in [-0.4, -0.2) is 18.1 Å². The zero-order valence-corrected chi connectivity index (χ0v) is 6.87. The Kier molecular flexibility index (Phi) is 2.82. The van der Waals surface area contributed by atoms with Crippen LogP contribution in [-0.2, 0) is 6.61 Å². The molecule has 64 valence electrons. The zero-order chi connectivity index (χ0) is 8.97. The van der Waals surface area contributed by atoms with Crippen LogP contribution >= 0.6 is 0 Å². The van der Waals surface area contributed by atoms with Gasteiger partial charge in [-0.2, -0.15) is 0 Å². The predicted molar refractivity (Wildman–Crippen MR) is 45.8 cm³/mol. The van der Waals surface area contributed by atoms with E-state index in [9.17, 15) is 4.79 Å². The van der Waals surface area contributed by atoms with Crippen LogP contribution in [0.4, 0.5) is 0 Å². The van der Waals surface area contributed by atoms with Crippen molar-refractivity contribution in [2.75, 3.05) is 7.05 Å². The zero-order valence-electron chi connectivity index (χ0n) is 6.87. The van der Waals surface area contributed by atoms with Crippen LogP contribution in [0.25, 0.3) is 0 Å². The Labute approximate surface area is 71.0 Å². The second-order valence-corrected chi connectivity index (χ2v) is 2.43. The van der Waals surface area contributed by atoms with E-state index in [0.717, 1.165) is 5.56 Å². The molecular formula is C9H11NO2. The Morgan fingerprint density at radius 3 is 2.42 bits per heavy atom. The number of hydrogen-bond donors (Lipinski definition) is 2. The molecule has 2 N–H and O–H groups in total. The van der Waals surface area contributed by atoms with Gasteiger partial charge in [-0.1, -0.05) is 12.1 Å². The lowest BCUT2D eigenvalue weighted by Crippen LogP contribution is -2.17. The first kappa shape index (κ1) is 8.74. The molecule has 1 aromatic rings. The molecule has 12 heavy (non-hydrogen) atoms. The maximum absolute atomic E-state index is 11.0. The first-order valence-electron chi connectivity index (χ1n) is 3.70. The van der Waals surface area contributed by atoms with Gasteiger partial charge in [-0.05, 0) is 17.7 Å². The number of amides is 1. The summed E-state index contributed by atoms with van der Waals surface area (Å²) in [5, 5.41) is 11.2. The van der Waals surface area contributed by atoms with Gasteiger partial charge < -0.3 is 10.4 Å². The van der Waals surface area contributed by atoms with Gasteiger partial charge in [0.2, 0.25) is 0 Å². The maximum Gasteiger partial charge on any atom is 0.251 e. The molecule has 0 spiro atoms. The van der Waals surface area contributed by atoms with E-state index in [2.05, 4.69) is 5.32 Å². The molecule has 0 aliphatic heterocycles. The van der Waals surface area contributed by atoms with Crippen molar-refractivity contribution in [3.05, 3.63) is 35.4 Å². The van der Waals surface area contributed by atoms with E-state index >= 15 is 0 Å². The van der Waals surface area contributed by atoms with Gasteiger partial charge in [0.25, 0.3) is 5.91 Å². The van der Waals surface area contributed by atoms with Gasteiger partial charge in [-0.3, -0.25) is 4.79 Å². The highest BCUT2D eigenvalue weighted by Gasteiger charge is 2.00. The summed E-state index contributed by atoms with van der Waals surface area (Å²) in [6, 6.07) is 6.82. The van der Waals surface area contributed by atoms with Crippen molar-refractivity contribution in [2.24, 2.45) is 0 Å². The van der Waals surface area contributed by atoms with Crippen LogP contribution in [0.1, 0.15) is 15.9 Å². The second-order valence-electron chi connectivity index (χ2n) is 2.43. The van der Waals surface area contributed by atoms with Crippen molar-refractivity contribution in [3.63, 3.8) is 0 Å². The molecule has 3 heteroatoms. The molecule has 1 rings (SSSR count). The molecule has 0 unspecified atom stereocenters. The summed E-state index contributed by atoms with van der Waals surface area (Å²) in [6.07, 6.45) is 0. The van der Waals surface area contributed by atoms with Crippen LogP contribution < -0.4 is 5.32 Å². The van der Waals surface area contributed by atoms with Crippen molar-refractivity contribution in [3.8, 4) is 0 Å². The molecule has 1 amide bonds. The standard InChI is InChI=1S/C9H11NO2/c1-10-9(12)8-4-2-7(6-11)3-5-8/h2-5,11H,6H2,1H3,(H,10,12). The summed E-state index contributed by atoms with van der Waals surface area (Å²) in [4.78, 5) is 11.0. The first-order chi connectivity index (χ1) is 5.77. The quantitative estimate of drug-likeness (QED) is 0.672. The molecule has 0 atom stereocenters. The van der Waals surface area contributed by atoms with E-state index in [4.69, 9.17) is 5.11 Å². The van der Waals surface area contributed by atoms with Crippen LogP contribution in [0.5, 0.6) is 0 Å². The van der Waals surface area contributed by atoms with Crippen molar-refractivity contribution in [1.29, 1.82) is 0 Å². The molecule has 1 aromatic carbocycles. The molecule has 0 saturated heterocycles. The Balaban J connectivity index is 2.84. The Morgan fingerprint density at radius 2 is 2.00 bits per heavy atom. The van der Waals surface area contributed by atoms with Gasteiger partial charge in [0.05, 0.1) is 6.61 Å². The minimum absolute atomic E-state index is 0.00796. The van der Waals surface area contributed by atoms with Crippen LogP contribution in [0, 0.1) is 0 Å². The maximum atomic E-state index is 11.0.